The maximum absolute atomic E-state index is 14.8. The lowest BCUT2D eigenvalue weighted by atomic mass is 9.99. The minimum Gasteiger partial charge on any atom is -0.373 e. The van der Waals surface area contributed by atoms with Crippen molar-refractivity contribution in [3.8, 4) is 11.1 Å². The van der Waals surface area contributed by atoms with Gasteiger partial charge < -0.3 is 19.8 Å². The zero-order valence-electron chi connectivity index (χ0n) is 20.8. The Hall–Kier alpha value is -4.28. The van der Waals surface area contributed by atoms with Gasteiger partial charge in [-0.15, -0.1) is 0 Å². The van der Waals surface area contributed by atoms with Crippen LogP contribution in [0.25, 0.3) is 22.0 Å². The summed E-state index contributed by atoms with van der Waals surface area (Å²) in [6.07, 6.45) is 2.92. The zero-order chi connectivity index (χ0) is 26.4. The minimum absolute atomic E-state index is 0.172. The number of rotatable bonds is 4. The molecule has 0 saturated heterocycles. The van der Waals surface area contributed by atoms with Gasteiger partial charge in [0.2, 0.25) is 5.95 Å². The van der Waals surface area contributed by atoms with Crippen molar-refractivity contribution in [2.24, 2.45) is 7.05 Å². The molecule has 11 heteroatoms. The van der Waals surface area contributed by atoms with Crippen LogP contribution in [-0.2, 0) is 12.6 Å². The molecule has 4 rings (SSSR count). The first-order valence-electron chi connectivity index (χ1n) is 11.2. The van der Waals surface area contributed by atoms with Crippen molar-refractivity contribution in [3.05, 3.63) is 64.5 Å². The number of urea groups is 1. The van der Waals surface area contributed by atoms with Crippen LogP contribution in [0.5, 0.6) is 0 Å². The Morgan fingerprint density at radius 2 is 1.75 bits per heavy atom. The quantitative estimate of drug-likeness (QED) is 0.376. The predicted octanol–water partition coefficient (Wildman–Crippen LogP) is 4.82. The van der Waals surface area contributed by atoms with Gasteiger partial charge in [0, 0.05) is 42.8 Å². The molecule has 2 amide bonds. The number of halogens is 2. The summed E-state index contributed by atoms with van der Waals surface area (Å²) in [6.45, 7) is 7.04. The number of carbonyl (C=O) groups is 1. The molecular formula is C25H27F2N7O2. The highest BCUT2D eigenvalue weighted by Crippen LogP contribution is 2.29. The maximum atomic E-state index is 14.8. The van der Waals surface area contributed by atoms with Gasteiger partial charge in [0.05, 0.1) is 17.5 Å². The lowest BCUT2D eigenvalue weighted by Gasteiger charge is -2.20. The highest BCUT2D eigenvalue weighted by molar-refractivity contribution is 6.00. The summed E-state index contributed by atoms with van der Waals surface area (Å²) < 4.78 is 32.2. The van der Waals surface area contributed by atoms with Gasteiger partial charge in [-0.05, 0) is 57.0 Å². The number of fused-ring (bicyclic) bond motifs is 1. The van der Waals surface area contributed by atoms with E-state index in [0.29, 0.717) is 33.4 Å². The predicted molar refractivity (Wildman–Crippen MR) is 136 cm³/mol. The van der Waals surface area contributed by atoms with E-state index < -0.39 is 23.3 Å². The fourth-order valence-corrected chi connectivity index (χ4v) is 3.90. The number of carbonyl (C=O) groups excluding carboxylic acids is 1. The number of pyridine rings is 2. The number of nitrogens with one attached hydrogen (secondary N) is 3. The van der Waals surface area contributed by atoms with Crippen LogP contribution in [0.1, 0.15) is 26.3 Å². The van der Waals surface area contributed by atoms with Crippen molar-refractivity contribution in [3.63, 3.8) is 0 Å². The smallest absolute Gasteiger partial charge is 0.325 e. The largest absolute Gasteiger partial charge is 0.373 e. The van der Waals surface area contributed by atoms with E-state index in [1.165, 1.54) is 27.6 Å². The second-order valence-electron chi connectivity index (χ2n) is 9.45. The Kier molecular flexibility index (Phi) is 6.25. The van der Waals surface area contributed by atoms with Gasteiger partial charge in [0.25, 0.3) is 5.56 Å². The number of hydrogen-bond acceptors (Lipinski definition) is 5. The molecule has 0 aliphatic rings. The summed E-state index contributed by atoms with van der Waals surface area (Å²) in [5.41, 5.74) is 0.893. The number of aryl methyl sites for hydroxylation is 2. The zero-order valence-corrected chi connectivity index (χ0v) is 20.8. The first kappa shape index (κ1) is 24.8. The van der Waals surface area contributed by atoms with Crippen molar-refractivity contribution < 1.29 is 13.6 Å². The lowest BCUT2D eigenvalue weighted by molar-refractivity contribution is 0.261. The first-order valence-corrected chi connectivity index (χ1v) is 11.2. The molecule has 3 heterocycles. The fraction of sp³-hybridized carbons (Fsp3) is 0.280. The van der Waals surface area contributed by atoms with Crippen LogP contribution < -0.4 is 21.5 Å². The van der Waals surface area contributed by atoms with E-state index in [0.717, 1.165) is 0 Å². The molecule has 1 aromatic carbocycles. The molecule has 0 unspecified atom stereocenters. The number of aromatic nitrogens is 4. The number of anilines is 3. The van der Waals surface area contributed by atoms with E-state index in [-0.39, 0.29) is 17.1 Å². The molecular weight excluding hydrogens is 468 g/mol. The minimum atomic E-state index is -0.878. The summed E-state index contributed by atoms with van der Waals surface area (Å²) in [5, 5.41) is 8.34. The van der Waals surface area contributed by atoms with Gasteiger partial charge in [-0.25, -0.2) is 19.2 Å². The lowest BCUT2D eigenvalue weighted by Crippen LogP contribution is -2.24. The van der Waals surface area contributed by atoms with Gasteiger partial charge in [0.1, 0.15) is 11.6 Å². The summed E-state index contributed by atoms with van der Waals surface area (Å²) in [4.78, 5) is 33.9. The Balaban J connectivity index is 1.69. The molecule has 0 bridgehead atoms. The Labute approximate surface area is 206 Å². The molecule has 9 nitrogen and oxygen atoms in total. The van der Waals surface area contributed by atoms with Crippen LogP contribution >= 0.6 is 0 Å². The van der Waals surface area contributed by atoms with Crippen molar-refractivity contribution >= 4 is 34.3 Å². The van der Waals surface area contributed by atoms with E-state index in [4.69, 9.17) is 0 Å². The number of benzene rings is 1. The van der Waals surface area contributed by atoms with Gasteiger partial charge in [-0.1, -0.05) is 0 Å². The second-order valence-corrected chi connectivity index (χ2v) is 9.45. The molecule has 0 saturated carbocycles. The van der Waals surface area contributed by atoms with Gasteiger partial charge in [-0.3, -0.25) is 10.1 Å². The fourth-order valence-electron chi connectivity index (χ4n) is 3.90. The molecule has 4 aromatic rings. The molecule has 0 fully saturated rings. The van der Waals surface area contributed by atoms with Gasteiger partial charge in [0.15, 0.2) is 5.82 Å². The number of nitrogens with zero attached hydrogens (tertiary/aromatic N) is 4. The maximum Gasteiger partial charge on any atom is 0.325 e. The summed E-state index contributed by atoms with van der Waals surface area (Å²) in [5.74, 6) is -1.10. The highest BCUT2D eigenvalue weighted by Gasteiger charge is 2.22. The Bertz CT molecular complexity index is 1550. The molecule has 0 atom stereocenters. The third-order valence-electron chi connectivity index (χ3n) is 5.88. The summed E-state index contributed by atoms with van der Waals surface area (Å²) >= 11 is 0. The van der Waals surface area contributed by atoms with Crippen molar-refractivity contribution in [1.82, 2.24) is 19.1 Å². The average molecular weight is 496 g/mol. The van der Waals surface area contributed by atoms with Gasteiger partial charge in [-0.2, -0.15) is 4.39 Å². The van der Waals surface area contributed by atoms with Gasteiger partial charge >= 0.3 is 6.03 Å². The molecule has 0 aliphatic heterocycles. The van der Waals surface area contributed by atoms with Crippen molar-refractivity contribution in [2.45, 2.75) is 33.2 Å². The summed E-state index contributed by atoms with van der Waals surface area (Å²) in [7, 11) is 3.38. The molecule has 0 radical (unpaired) electrons. The molecule has 0 aliphatic carbocycles. The molecule has 3 aromatic heterocycles. The molecule has 188 valence electrons. The Morgan fingerprint density at radius 3 is 2.39 bits per heavy atom. The van der Waals surface area contributed by atoms with E-state index >= 15 is 0 Å². The van der Waals surface area contributed by atoms with E-state index in [1.807, 2.05) is 0 Å². The van der Waals surface area contributed by atoms with Crippen LogP contribution in [-0.4, -0.2) is 32.2 Å². The first-order chi connectivity index (χ1) is 16.9. The molecule has 36 heavy (non-hydrogen) atoms. The van der Waals surface area contributed by atoms with Crippen LogP contribution in [0.2, 0.25) is 0 Å². The highest BCUT2D eigenvalue weighted by atomic mass is 19.1. The monoisotopic (exact) mass is 495 g/mol. The van der Waals surface area contributed by atoms with Crippen molar-refractivity contribution in [2.75, 3.05) is 23.0 Å². The Morgan fingerprint density at radius 1 is 1.03 bits per heavy atom. The standard InChI is InChI=1S/C25H27F2N7O2/c1-13-7-17(26)18(31-24(36)32-22-21(27)34(12-30-22)25(2,3)4)9-15(13)16-8-14-11-29-20(28-5)10-19(14)33(6)23(16)35/h7-12H,1-6H3,(H,28,29)(H2,31,32,36). The number of imidazole rings is 1. The van der Waals surface area contributed by atoms with Crippen LogP contribution in [0, 0.1) is 18.7 Å². The van der Waals surface area contributed by atoms with Crippen molar-refractivity contribution in [1.29, 1.82) is 0 Å². The number of amides is 2. The van der Waals surface area contributed by atoms with E-state index in [1.54, 1.807) is 60.1 Å². The third-order valence-corrected chi connectivity index (χ3v) is 5.88. The second kappa shape index (κ2) is 9.06. The normalized spacial score (nSPS) is 11.6. The van der Waals surface area contributed by atoms with E-state index in [9.17, 15) is 18.4 Å². The van der Waals surface area contributed by atoms with Crippen LogP contribution in [0.15, 0.2) is 41.6 Å². The van der Waals surface area contributed by atoms with E-state index in [2.05, 4.69) is 25.9 Å². The van der Waals surface area contributed by atoms with Crippen LogP contribution in [0.3, 0.4) is 0 Å². The van der Waals surface area contributed by atoms with Crippen LogP contribution in [0.4, 0.5) is 30.9 Å². The molecule has 0 spiro atoms. The summed E-state index contributed by atoms with van der Waals surface area (Å²) in [6, 6.07) is 5.17. The number of hydrogen-bond donors (Lipinski definition) is 3. The third kappa shape index (κ3) is 4.51. The topological polar surface area (TPSA) is 106 Å². The molecule has 3 N–H and O–H groups in total. The SMILES string of the molecule is CNc1cc2c(cn1)cc(-c1cc(NC(=O)Nc3ncn(C(C)(C)C)c3F)c(F)cc1C)c(=O)n2C. The average Bonchev–Trinajstić information content (AvgIpc) is 3.18.